The van der Waals surface area contributed by atoms with E-state index < -0.39 is 6.10 Å². The van der Waals surface area contributed by atoms with E-state index in [-0.39, 0.29) is 5.91 Å². The van der Waals surface area contributed by atoms with E-state index in [4.69, 9.17) is 4.84 Å². The van der Waals surface area contributed by atoms with Crippen molar-refractivity contribution in [1.29, 1.82) is 0 Å². The molecule has 0 spiro atoms. The summed E-state index contributed by atoms with van der Waals surface area (Å²) in [6, 6.07) is 7.87. The fourth-order valence-corrected chi connectivity index (χ4v) is 3.45. The third kappa shape index (κ3) is 3.26. The second-order valence-electron chi connectivity index (χ2n) is 6.89. The van der Waals surface area contributed by atoms with Gasteiger partial charge in [0.2, 0.25) is 12.1 Å². The van der Waals surface area contributed by atoms with Gasteiger partial charge in [0.05, 0.1) is 22.4 Å². The molecule has 8 heteroatoms. The van der Waals surface area contributed by atoms with Gasteiger partial charge in [0.25, 0.3) is 5.91 Å². The molecule has 28 heavy (non-hydrogen) atoms. The number of para-hydroxylation sites is 2. The quantitative estimate of drug-likeness (QED) is 0.712. The van der Waals surface area contributed by atoms with Crippen LogP contribution in [0.5, 0.6) is 0 Å². The van der Waals surface area contributed by atoms with E-state index >= 15 is 0 Å². The van der Waals surface area contributed by atoms with Gasteiger partial charge in [-0.2, -0.15) is 5.10 Å². The third-order valence-corrected chi connectivity index (χ3v) is 4.88. The zero-order valence-corrected chi connectivity index (χ0v) is 16.3. The lowest BCUT2D eigenvalue weighted by atomic mass is 10.1. The second kappa shape index (κ2) is 7.46. The Morgan fingerprint density at radius 3 is 2.89 bits per heavy atom. The van der Waals surface area contributed by atoms with Gasteiger partial charge in [-0.05, 0) is 32.4 Å². The number of aromatic nitrogens is 4. The molecule has 0 bridgehead atoms. The lowest BCUT2D eigenvalue weighted by Crippen LogP contribution is -2.29. The number of hydrogen-bond acceptors (Lipinski definition) is 5. The Hall–Kier alpha value is -3.16. The van der Waals surface area contributed by atoms with Gasteiger partial charge in [0.1, 0.15) is 0 Å². The van der Waals surface area contributed by atoms with Crippen molar-refractivity contribution in [2.75, 3.05) is 5.32 Å². The molecule has 0 saturated carbocycles. The number of imidazole rings is 1. The maximum Gasteiger partial charge on any atom is 0.271 e. The number of anilines is 1. The zero-order valence-electron chi connectivity index (χ0n) is 16.3. The van der Waals surface area contributed by atoms with Crippen LogP contribution in [-0.2, 0) is 22.7 Å². The Morgan fingerprint density at radius 1 is 1.32 bits per heavy atom. The molecule has 1 aliphatic rings. The first kappa shape index (κ1) is 18.2. The van der Waals surface area contributed by atoms with Crippen LogP contribution in [0.2, 0.25) is 0 Å². The molecule has 3 aromatic rings. The van der Waals surface area contributed by atoms with Gasteiger partial charge in [-0.15, -0.1) is 0 Å². The van der Waals surface area contributed by atoms with Crippen LogP contribution in [0.3, 0.4) is 0 Å². The van der Waals surface area contributed by atoms with E-state index in [0.717, 1.165) is 47.5 Å². The van der Waals surface area contributed by atoms with Gasteiger partial charge >= 0.3 is 0 Å². The number of carbonyl (C=O) groups excluding carboxylic acids is 1. The van der Waals surface area contributed by atoms with Gasteiger partial charge in [0, 0.05) is 31.3 Å². The monoisotopic (exact) mass is 380 g/mol. The lowest BCUT2D eigenvalue weighted by molar-refractivity contribution is -0.125. The third-order valence-electron chi connectivity index (χ3n) is 4.88. The average molecular weight is 380 g/mol. The summed E-state index contributed by atoms with van der Waals surface area (Å²) in [4.78, 5) is 22.8. The van der Waals surface area contributed by atoms with Crippen molar-refractivity contribution in [2.45, 2.75) is 52.8 Å². The molecule has 3 heterocycles. The van der Waals surface area contributed by atoms with Crippen molar-refractivity contribution >= 4 is 28.6 Å². The minimum absolute atomic E-state index is 0.244. The molecule has 146 valence electrons. The van der Waals surface area contributed by atoms with Crippen molar-refractivity contribution in [1.82, 2.24) is 19.3 Å². The standard InChI is InChI=1S/C20H24N6O2/c1-4-10-26-17-9-7-6-8-15(17)21-20(26)22-19(27)18-11-16(24-28-18)14-12-25(5-2)23-13(14)3/h6-9,12,18H,4-5,10-11H2,1-3H3,(H,21,22,27). The fourth-order valence-electron chi connectivity index (χ4n) is 3.45. The molecule has 1 atom stereocenters. The van der Waals surface area contributed by atoms with Crippen LogP contribution in [0.1, 0.15) is 37.9 Å². The molecular formula is C20H24N6O2. The molecule has 1 N–H and O–H groups in total. The van der Waals surface area contributed by atoms with Crippen LogP contribution in [0, 0.1) is 6.92 Å². The Morgan fingerprint density at radius 2 is 2.14 bits per heavy atom. The van der Waals surface area contributed by atoms with E-state index in [9.17, 15) is 4.79 Å². The minimum atomic E-state index is -0.672. The van der Waals surface area contributed by atoms with Crippen LogP contribution in [0.15, 0.2) is 35.6 Å². The molecule has 4 rings (SSSR count). The van der Waals surface area contributed by atoms with E-state index in [1.807, 2.05) is 53.6 Å². The summed E-state index contributed by atoms with van der Waals surface area (Å²) < 4.78 is 3.88. The second-order valence-corrected chi connectivity index (χ2v) is 6.89. The zero-order chi connectivity index (χ0) is 19.7. The van der Waals surface area contributed by atoms with Gasteiger partial charge in [0.15, 0.2) is 0 Å². The van der Waals surface area contributed by atoms with E-state index in [0.29, 0.717) is 12.4 Å². The van der Waals surface area contributed by atoms with Crippen molar-refractivity contribution in [3.63, 3.8) is 0 Å². The normalized spacial score (nSPS) is 16.2. The molecule has 0 fully saturated rings. The highest BCUT2D eigenvalue weighted by Crippen LogP contribution is 2.23. The smallest absolute Gasteiger partial charge is 0.271 e. The Bertz CT molecular complexity index is 1050. The van der Waals surface area contributed by atoms with Crippen LogP contribution < -0.4 is 5.32 Å². The highest BCUT2D eigenvalue weighted by molar-refractivity contribution is 6.06. The molecule has 2 aromatic heterocycles. The van der Waals surface area contributed by atoms with E-state index in [1.165, 1.54) is 0 Å². The van der Waals surface area contributed by atoms with Gasteiger partial charge in [-0.3, -0.25) is 14.8 Å². The van der Waals surface area contributed by atoms with Gasteiger partial charge < -0.3 is 9.40 Å². The summed E-state index contributed by atoms with van der Waals surface area (Å²) in [5.74, 6) is 0.298. The lowest BCUT2D eigenvalue weighted by Gasteiger charge is -2.11. The van der Waals surface area contributed by atoms with Crippen LogP contribution in [0.25, 0.3) is 11.0 Å². The number of rotatable bonds is 6. The summed E-state index contributed by atoms with van der Waals surface area (Å²) in [6.07, 6.45) is 2.63. The van der Waals surface area contributed by atoms with Crippen molar-refractivity contribution < 1.29 is 9.63 Å². The number of hydrogen-bond donors (Lipinski definition) is 1. The summed E-state index contributed by atoms with van der Waals surface area (Å²) in [5.41, 5.74) is 4.43. The molecule has 0 saturated heterocycles. The number of nitrogens with zero attached hydrogens (tertiary/aromatic N) is 5. The summed E-state index contributed by atoms with van der Waals surface area (Å²) in [6.45, 7) is 7.62. The summed E-state index contributed by atoms with van der Waals surface area (Å²) in [7, 11) is 0. The Balaban J connectivity index is 1.50. The number of carbonyl (C=O) groups is 1. The summed E-state index contributed by atoms with van der Waals surface area (Å²) in [5, 5.41) is 11.5. The fraction of sp³-hybridized carbons (Fsp3) is 0.400. The number of oxime groups is 1. The average Bonchev–Trinajstić information content (AvgIpc) is 3.40. The molecular weight excluding hydrogens is 356 g/mol. The minimum Gasteiger partial charge on any atom is -0.382 e. The first-order valence-electron chi connectivity index (χ1n) is 9.64. The molecule has 0 radical (unpaired) electrons. The Kier molecular flexibility index (Phi) is 4.85. The van der Waals surface area contributed by atoms with Gasteiger partial charge in [-0.1, -0.05) is 24.2 Å². The molecule has 0 aliphatic carbocycles. The highest BCUT2D eigenvalue weighted by Gasteiger charge is 2.31. The Labute approximate surface area is 163 Å². The molecule has 1 aliphatic heterocycles. The van der Waals surface area contributed by atoms with E-state index in [1.54, 1.807) is 0 Å². The predicted molar refractivity (Wildman–Crippen MR) is 107 cm³/mol. The van der Waals surface area contributed by atoms with E-state index in [2.05, 4.69) is 27.5 Å². The maximum absolute atomic E-state index is 12.8. The number of amides is 1. The molecule has 1 aromatic carbocycles. The van der Waals surface area contributed by atoms with Crippen LogP contribution in [0.4, 0.5) is 5.95 Å². The number of fused-ring (bicyclic) bond motifs is 1. The van der Waals surface area contributed by atoms with Crippen molar-refractivity contribution in [3.05, 3.63) is 41.7 Å². The van der Waals surface area contributed by atoms with Crippen molar-refractivity contribution in [2.24, 2.45) is 5.16 Å². The van der Waals surface area contributed by atoms with Crippen molar-refractivity contribution in [3.8, 4) is 0 Å². The van der Waals surface area contributed by atoms with Crippen LogP contribution in [-0.4, -0.2) is 37.1 Å². The highest BCUT2D eigenvalue weighted by atomic mass is 16.6. The molecule has 1 unspecified atom stereocenters. The summed E-state index contributed by atoms with van der Waals surface area (Å²) >= 11 is 0. The maximum atomic E-state index is 12.8. The largest absolute Gasteiger partial charge is 0.382 e. The van der Waals surface area contributed by atoms with Gasteiger partial charge in [-0.25, -0.2) is 4.98 Å². The number of nitrogens with one attached hydrogen (secondary N) is 1. The number of aryl methyl sites for hydroxylation is 3. The van der Waals surface area contributed by atoms with Crippen LogP contribution >= 0.6 is 0 Å². The first-order chi connectivity index (χ1) is 13.6. The predicted octanol–water partition coefficient (Wildman–Crippen LogP) is 3.10. The molecule has 8 nitrogen and oxygen atoms in total. The topological polar surface area (TPSA) is 86.3 Å². The number of benzene rings is 1. The molecule has 1 amide bonds. The SMILES string of the molecule is CCCn1c(NC(=O)C2CC(c3cn(CC)nc3C)=NO2)nc2ccccc21. The first-order valence-corrected chi connectivity index (χ1v) is 9.64.